The molecule has 2 aromatic carbocycles. The number of ether oxygens (including phenoxy) is 2. The van der Waals surface area contributed by atoms with Gasteiger partial charge in [0.05, 0.1) is 12.8 Å². The third kappa shape index (κ3) is 6.01. The van der Waals surface area contributed by atoms with Gasteiger partial charge in [-0.3, -0.25) is 14.5 Å². The predicted molar refractivity (Wildman–Crippen MR) is 154 cm³/mol. The molecular formula is C31H28F7N5O4. The summed E-state index contributed by atoms with van der Waals surface area (Å²) in [6, 6.07) is 5.16. The Labute approximate surface area is 263 Å². The maximum Gasteiger partial charge on any atom is 0.421 e. The number of nitrogens with zero attached hydrogens (tertiary/aromatic N) is 4. The molecule has 6 rings (SSSR count). The van der Waals surface area contributed by atoms with Crippen molar-refractivity contribution in [3.63, 3.8) is 0 Å². The predicted octanol–water partition coefficient (Wildman–Crippen LogP) is 4.81. The van der Waals surface area contributed by atoms with Crippen LogP contribution in [0.1, 0.15) is 33.8 Å². The highest BCUT2D eigenvalue weighted by Crippen LogP contribution is 2.47. The molecule has 0 saturated carbocycles. The zero-order chi connectivity index (χ0) is 33.8. The summed E-state index contributed by atoms with van der Waals surface area (Å²) in [6.07, 6.45) is -3.20. The fourth-order valence-electron chi connectivity index (χ4n) is 6.70. The number of pyridine rings is 1. The van der Waals surface area contributed by atoms with Crippen LogP contribution in [0, 0.1) is 11.6 Å². The largest absolute Gasteiger partial charge is 0.497 e. The molecule has 0 radical (unpaired) electrons. The lowest BCUT2D eigenvalue weighted by Crippen LogP contribution is -2.46. The van der Waals surface area contributed by atoms with E-state index >= 15 is 8.78 Å². The van der Waals surface area contributed by atoms with Crippen LogP contribution in [0.5, 0.6) is 11.5 Å². The van der Waals surface area contributed by atoms with Crippen LogP contribution in [-0.2, 0) is 11.0 Å². The van der Waals surface area contributed by atoms with E-state index in [1.54, 1.807) is 4.90 Å². The first-order valence-corrected chi connectivity index (χ1v) is 14.5. The molecule has 47 heavy (non-hydrogen) atoms. The molecule has 3 fully saturated rings. The van der Waals surface area contributed by atoms with Gasteiger partial charge in [0.2, 0.25) is 5.91 Å². The van der Waals surface area contributed by atoms with Crippen molar-refractivity contribution in [1.29, 1.82) is 0 Å². The summed E-state index contributed by atoms with van der Waals surface area (Å²) in [7, 11) is 3.07. The Kier molecular flexibility index (Phi) is 8.40. The first-order chi connectivity index (χ1) is 22.3. The number of hydrogen-bond donors (Lipinski definition) is 1. The van der Waals surface area contributed by atoms with Crippen LogP contribution in [0.25, 0.3) is 0 Å². The fraction of sp³-hybridized carbons (Fsp3) is 0.387. The number of benzene rings is 2. The minimum atomic E-state index is -4.98. The molecule has 2 bridgehead atoms. The first kappa shape index (κ1) is 32.3. The summed E-state index contributed by atoms with van der Waals surface area (Å²) in [5, 5.41) is 2.39. The number of rotatable bonds is 8. The highest BCUT2D eigenvalue weighted by Gasteiger charge is 2.51. The number of amides is 2. The number of carbonyl (C=O) groups is 2. The number of anilines is 2. The smallest absolute Gasteiger partial charge is 0.421 e. The van der Waals surface area contributed by atoms with Gasteiger partial charge in [-0.25, -0.2) is 13.8 Å². The molecule has 0 aliphatic carbocycles. The molecule has 4 heterocycles. The van der Waals surface area contributed by atoms with Crippen molar-refractivity contribution in [2.24, 2.45) is 0 Å². The highest BCUT2D eigenvalue weighted by atomic mass is 19.4. The van der Waals surface area contributed by atoms with Crippen LogP contribution < -0.4 is 24.6 Å². The second-order valence-electron chi connectivity index (χ2n) is 11.6. The quantitative estimate of drug-likeness (QED) is 0.346. The van der Waals surface area contributed by atoms with E-state index in [2.05, 4.69) is 19.9 Å². The van der Waals surface area contributed by atoms with Crippen molar-refractivity contribution in [3.8, 4) is 11.5 Å². The number of halogens is 7. The van der Waals surface area contributed by atoms with Crippen LogP contribution in [0.4, 0.5) is 42.2 Å². The van der Waals surface area contributed by atoms with Crippen molar-refractivity contribution in [1.82, 2.24) is 15.2 Å². The Balaban J connectivity index is 1.40. The van der Waals surface area contributed by atoms with E-state index in [1.165, 1.54) is 7.11 Å². The summed E-state index contributed by atoms with van der Waals surface area (Å²) in [5.41, 5.74) is -2.54. The topological polar surface area (TPSA) is 87.2 Å². The van der Waals surface area contributed by atoms with Crippen molar-refractivity contribution in [2.75, 3.05) is 43.6 Å². The van der Waals surface area contributed by atoms with Gasteiger partial charge >= 0.3 is 12.8 Å². The molecule has 3 saturated heterocycles. The molecule has 1 unspecified atom stereocenters. The van der Waals surface area contributed by atoms with E-state index in [0.717, 1.165) is 53.6 Å². The van der Waals surface area contributed by atoms with Crippen LogP contribution in [0.15, 0.2) is 48.7 Å². The van der Waals surface area contributed by atoms with Gasteiger partial charge in [0, 0.05) is 67.1 Å². The van der Waals surface area contributed by atoms with E-state index in [1.807, 2.05) is 7.05 Å². The Morgan fingerprint density at radius 2 is 1.68 bits per heavy atom. The monoisotopic (exact) mass is 667 g/mol. The standard InChI is InChI=1S/C31H28F7N5O4/c1-41-12-17-9-16(41)13-42(17)27-25(31(36,37)38)23(7-8-39-27)43-14-20(24-21(32)10-19(46-2)11-22(24)33)26(29(43)45)40-28(44)15-3-5-18(6-4-15)47-30(34)35/h3-8,10-11,16-17,20,26,30H,9,12-14H2,1-2H3,(H,40,44)/t16-,17-,20-,26?/m0/s1. The number of likely N-dealkylation sites (N-methyl/N-ethyl adjacent to an activating group) is 1. The number of alkyl halides is 5. The molecule has 1 N–H and O–H groups in total. The molecular weight excluding hydrogens is 639 g/mol. The van der Waals surface area contributed by atoms with Crippen LogP contribution in [-0.4, -0.2) is 80.2 Å². The maximum atomic E-state index is 15.4. The van der Waals surface area contributed by atoms with Crippen molar-refractivity contribution in [3.05, 3.63) is 77.0 Å². The van der Waals surface area contributed by atoms with Crippen molar-refractivity contribution < 1.29 is 49.8 Å². The van der Waals surface area contributed by atoms with E-state index in [0.29, 0.717) is 19.5 Å². The minimum absolute atomic E-state index is 0.0287. The average molecular weight is 668 g/mol. The molecule has 1 aromatic heterocycles. The van der Waals surface area contributed by atoms with E-state index in [4.69, 9.17) is 4.74 Å². The molecule has 2 amide bonds. The Morgan fingerprint density at radius 3 is 2.23 bits per heavy atom. The van der Waals surface area contributed by atoms with Gasteiger partial charge in [-0.05, 0) is 43.8 Å². The number of likely N-dealkylation sites (tertiary alicyclic amines) is 1. The number of carbonyl (C=O) groups excluding carboxylic acids is 2. The molecule has 0 spiro atoms. The number of piperazine rings is 1. The Morgan fingerprint density at radius 1 is 1.00 bits per heavy atom. The first-order valence-electron chi connectivity index (χ1n) is 14.5. The van der Waals surface area contributed by atoms with Crippen LogP contribution in [0.3, 0.4) is 0 Å². The molecule has 4 atom stereocenters. The Bertz CT molecular complexity index is 1660. The lowest BCUT2D eigenvalue weighted by molar-refractivity contribution is -0.136. The SMILES string of the molecule is COc1cc(F)c([C@@H]2CN(c3ccnc(N4C[C@@H]5C[C@H]4CN5C)c3C(F)(F)F)C(=O)C2NC(=O)c2ccc(OC(F)F)cc2)c(F)c1. The fourth-order valence-corrected chi connectivity index (χ4v) is 6.70. The van der Waals surface area contributed by atoms with E-state index in [9.17, 15) is 31.5 Å². The number of fused-ring (bicyclic) bond motifs is 2. The summed E-state index contributed by atoms with van der Waals surface area (Å²) in [5.74, 6) is -6.58. The van der Waals surface area contributed by atoms with Gasteiger partial charge in [0.15, 0.2) is 0 Å². The molecule has 250 valence electrons. The number of methoxy groups -OCH3 is 1. The van der Waals surface area contributed by atoms with Gasteiger partial charge < -0.3 is 24.6 Å². The average Bonchev–Trinajstić information content (AvgIpc) is 3.68. The molecule has 9 nitrogen and oxygen atoms in total. The normalized spacial score (nSPS) is 22.8. The lowest BCUT2D eigenvalue weighted by Gasteiger charge is -2.35. The van der Waals surface area contributed by atoms with Gasteiger partial charge in [0.25, 0.3) is 5.91 Å². The van der Waals surface area contributed by atoms with Crippen molar-refractivity contribution >= 4 is 23.3 Å². The lowest BCUT2D eigenvalue weighted by atomic mass is 9.92. The van der Waals surface area contributed by atoms with E-state index < -0.39 is 71.6 Å². The number of nitrogens with one attached hydrogen (secondary N) is 1. The maximum absolute atomic E-state index is 15.4. The van der Waals surface area contributed by atoms with Crippen LogP contribution >= 0.6 is 0 Å². The van der Waals surface area contributed by atoms with E-state index in [-0.39, 0.29) is 35.0 Å². The third-order valence-corrected chi connectivity index (χ3v) is 8.87. The van der Waals surface area contributed by atoms with Gasteiger partial charge in [-0.15, -0.1) is 0 Å². The zero-order valence-corrected chi connectivity index (χ0v) is 24.9. The summed E-state index contributed by atoms with van der Waals surface area (Å²) >= 11 is 0. The Hall–Kier alpha value is -4.60. The van der Waals surface area contributed by atoms with Gasteiger partial charge in [0.1, 0.15) is 40.6 Å². The second kappa shape index (κ2) is 12.2. The van der Waals surface area contributed by atoms with Crippen LogP contribution in [0.2, 0.25) is 0 Å². The van der Waals surface area contributed by atoms with Gasteiger partial charge in [-0.2, -0.15) is 22.0 Å². The molecule has 3 aliphatic rings. The molecule has 3 aliphatic heterocycles. The molecule has 16 heteroatoms. The summed E-state index contributed by atoms with van der Waals surface area (Å²) in [4.78, 5) is 35.7. The van der Waals surface area contributed by atoms with Crippen molar-refractivity contribution in [2.45, 2.75) is 43.3 Å². The summed E-state index contributed by atoms with van der Waals surface area (Å²) in [6.45, 7) is -2.94. The number of aromatic nitrogens is 1. The second-order valence-corrected chi connectivity index (χ2v) is 11.6. The number of hydrogen-bond acceptors (Lipinski definition) is 7. The third-order valence-electron chi connectivity index (χ3n) is 8.87. The van der Waals surface area contributed by atoms with Gasteiger partial charge in [-0.1, -0.05) is 0 Å². The molecule has 3 aromatic rings. The zero-order valence-electron chi connectivity index (χ0n) is 24.9. The highest BCUT2D eigenvalue weighted by molar-refractivity contribution is 6.05. The summed E-state index contributed by atoms with van der Waals surface area (Å²) < 4.78 is 110. The minimum Gasteiger partial charge on any atom is -0.497 e.